The summed E-state index contributed by atoms with van der Waals surface area (Å²) in [5.74, 6) is 0.925. The van der Waals surface area contributed by atoms with Crippen molar-refractivity contribution in [2.75, 3.05) is 5.73 Å². The summed E-state index contributed by atoms with van der Waals surface area (Å²) >= 11 is 1.52. The third kappa shape index (κ3) is 2.19. The van der Waals surface area contributed by atoms with Gasteiger partial charge in [0.2, 0.25) is 4.96 Å². The van der Waals surface area contributed by atoms with Crippen LogP contribution in [-0.4, -0.2) is 19.8 Å². The molecule has 1 aromatic carbocycles. The molecule has 0 fully saturated rings. The van der Waals surface area contributed by atoms with Crippen LogP contribution in [0.4, 0.5) is 5.69 Å². The Morgan fingerprint density at radius 3 is 2.89 bits per heavy atom. The molecular weight excluding hydrogens is 258 g/mol. The van der Waals surface area contributed by atoms with Crippen LogP contribution in [0.15, 0.2) is 24.3 Å². The largest absolute Gasteiger partial charge is 0.398 e. The van der Waals surface area contributed by atoms with E-state index in [1.807, 2.05) is 28.8 Å². The quantitative estimate of drug-likeness (QED) is 0.742. The predicted molar refractivity (Wildman–Crippen MR) is 77.1 cm³/mol. The summed E-state index contributed by atoms with van der Waals surface area (Å²) in [6.45, 7) is 2.16. The van der Waals surface area contributed by atoms with Gasteiger partial charge in [0, 0.05) is 17.7 Å². The van der Waals surface area contributed by atoms with Crippen LogP contribution in [0.3, 0.4) is 0 Å². The van der Waals surface area contributed by atoms with Gasteiger partial charge in [0.05, 0.1) is 0 Å². The van der Waals surface area contributed by atoms with Gasteiger partial charge in [-0.2, -0.15) is 9.61 Å². The molecule has 0 saturated carbocycles. The Balaban J connectivity index is 2.03. The van der Waals surface area contributed by atoms with Crippen LogP contribution < -0.4 is 5.73 Å². The van der Waals surface area contributed by atoms with Crippen molar-refractivity contribution in [3.05, 3.63) is 30.1 Å². The maximum absolute atomic E-state index is 5.98. The van der Waals surface area contributed by atoms with Crippen molar-refractivity contribution in [1.82, 2.24) is 19.8 Å². The molecule has 3 rings (SSSR count). The summed E-state index contributed by atoms with van der Waals surface area (Å²) < 4.78 is 1.84. The second kappa shape index (κ2) is 4.97. The topological polar surface area (TPSA) is 69.1 Å². The molecule has 5 nitrogen and oxygen atoms in total. The van der Waals surface area contributed by atoms with Crippen molar-refractivity contribution in [3.8, 4) is 10.6 Å². The highest BCUT2D eigenvalue weighted by Gasteiger charge is 2.13. The van der Waals surface area contributed by atoms with E-state index in [2.05, 4.69) is 22.2 Å². The van der Waals surface area contributed by atoms with Crippen LogP contribution in [0.2, 0.25) is 0 Å². The lowest BCUT2D eigenvalue weighted by atomic mass is 10.2. The molecule has 2 heterocycles. The third-order valence-electron chi connectivity index (χ3n) is 3.00. The average molecular weight is 273 g/mol. The highest BCUT2D eigenvalue weighted by Crippen LogP contribution is 2.29. The summed E-state index contributed by atoms with van der Waals surface area (Å²) in [4.78, 5) is 0.823. The number of hydrogen-bond acceptors (Lipinski definition) is 5. The fourth-order valence-electron chi connectivity index (χ4n) is 1.95. The summed E-state index contributed by atoms with van der Waals surface area (Å²) in [6, 6.07) is 7.75. The number of anilines is 1. The molecule has 0 spiro atoms. The van der Waals surface area contributed by atoms with Gasteiger partial charge in [0.15, 0.2) is 5.82 Å². The van der Waals surface area contributed by atoms with Gasteiger partial charge >= 0.3 is 0 Å². The lowest BCUT2D eigenvalue weighted by Crippen LogP contribution is -1.96. The van der Waals surface area contributed by atoms with Crippen molar-refractivity contribution in [1.29, 1.82) is 0 Å². The number of rotatable bonds is 4. The maximum Gasteiger partial charge on any atom is 0.234 e. The van der Waals surface area contributed by atoms with Gasteiger partial charge in [0.1, 0.15) is 5.01 Å². The number of para-hydroxylation sites is 1. The Labute approximate surface area is 115 Å². The SMILES string of the molecule is CCCCc1nnc2sc(-c3ccccc3N)nn12. The van der Waals surface area contributed by atoms with Gasteiger partial charge in [-0.1, -0.05) is 36.8 Å². The van der Waals surface area contributed by atoms with E-state index in [0.717, 1.165) is 46.3 Å². The minimum atomic E-state index is 0.738. The van der Waals surface area contributed by atoms with E-state index in [4.69, 9.17) is 5.73 Å². The molecule has 0 aliphatic rings. The molecule has 0 bridgehead atoms. The number of unbranched alkanes of at least 4 members (excludes halogenated alkanes) is 1. The van der Waals surface area contributed by atoms with Crippen LogP contribution in [0.1, 0.15) is 25.6 Å². The number of nitrogens with two attached hydrogens (primary N) is 1. The van der Waals surface area contributed by atoms with Crippen LogP contribution in [0.5, 0.6) is 0 Å². The first kappa shape index (κ1) is 12.1. The molecule has 98 valence electrons. The van der Waals surface area contributed by atoms with Gasteiger partial charge in [0.25, 0.3) is 0 Å². The van der Waals surface area contributed by atoms with E-state index in [9.17, 15) is 0 Å². The highest BCUT2D eigenvalue weighted by atomic mass is 32.1. The highest BCUT2D eigenvalue weighted by molar-refractivity contribution is 7.19. The second-order valence-electron chi connectivity index (χ2n) is 4.41. The fourth-order valence-corrected chi connectivity index (χ4v) is 2.85. The number of aryl methyl sites for hydroxylation is 1. The first-order chi connectivity index (χ1) is 9.29. The zero-order valence-electron chi connectivity index (χ0n) is 10.7. The van der Waals surface area contributed by atoms with E-state index < -0.39 is 0 Å². The third-order valence-corrected chi connectivity index (χ3v) is 3.93. The van der Waals surface area contributed by atoms with Crippen LogP contribution in [0.25, 0.3) is 15.5 Å². The van der Waals surface area contributed by atoms with Gasteiger partial charge in [-0.05, 0) is 18.6 Å². The summed E-state index contributed by atoms with van der Waals surface area (Å²) in [7, 11) is 0. The molecule has 0 aliphatic heterocycles. The normalized spacial score (nSPS) is 11.2. The molecule has 0 unspecified atom stereocenters. The number of fused-ring (bicyclic) bond motifs is 1. The van der Waals surface area contributed by atoms with Gasteiger partial charge in [-0.25, -0.2) is 0 Å². The van der Waals surface area contributed by atoms with Gasteiger partial charge < -0.3 is 5.73 Å². The second-order valence-corrected chi connectivity index (χ2v) is 5.36. The number of nitrogen functional groups attached to an aromatic ring is 1. The molecule has 0 amide bonds. The average Bonchev–Trinajstić information content (AvgIpc) is 2.97. The molecule has 2 N–H and O–H groups in total. The first-order valence-electron chi connectivity index (χ1n) is 6.35. The molecule has 19 heavy (non-hydrogen) atoms. The number of benzene rings is 1. The number of aromatic nitrogens is 4. The monoisotopic (exact) mass is 273 g/mol. The lowest BCUT2D eigenvalue weighted by molar-refractivity contribution is 0.723. The minimum Gasteiger partial charge on any atom is -0.398 e. The molecule has 6 heteroatoms. The molecule has 0 saturated heterocycles. The van der Waals surface area contributed by atoms with E-state index >= 15 is 0 Å². The van der Waals surface area contributed by atoms with Crippen molar-refractivity contribution >= 4 is 22.0 Å². The number of nitrogens with zero attached hydrogens (tertiary/aromatic N) is 4. The van der Waals surface area contributed by atoms with Crippen LogP contribution >= 0.6 is 11.3 Å². The van der Waals surface area contributed by atoms with E-state index in [1.165, 1.54) is 11.3 Å². The Bertz CT molecular complexity index is 700. The summed E-state index contributed by atoms with van der Waals surface area (Å²) in [5.41, 5.74) is 7.68. The molecule has 3 aromatic rings. The maximum atomic E-state index is 5.98. The fraction of sp³-hybridized carbons (Fsp3) is 0.308. The van der Waals surface area contributed by atoms with Crippen LogP contribution in [0, 0.1) is 0 Å². The van der Waals surface area contributed by atoms with Crippen LogP contribution in [-0.2, 0) is 6.42 Å². The van der Waals surface area contributed by atoms with Crippen molar-refractivity contribution in [3.63, 3.8) is 0 Å². The van der Waals surface area contributed by atoms with Gasteiger partial charge in [-0.3, -0.25) is 0 Å². The molecule has 2 aromatic heterocycles. The summed E-state index contributed by atoms with van der Waals surface area (Å²) in [5, 5.41) is 13.8. The van der Waals surface area contributed by atoms with Crippen molar-refractivity contribution in [2.24, 2.45) is 0 Å². The Morgan fingerprint density at radius 2 is 2.11 bits per heavy atom. The van der Waals surface area contributed by atoms with Gasteiger partial charge in [-0.15, -0.1) is 10.2 Å². The molecule has 0 aliphatic carbocycles. The minimum absolute atomic E-state index is 0.738. The van der Waals surface area contributed by atoms with Crippen molar-refractivity contribution < 1.29 is 0 Å². The summed E-state index contributed by atoms with van der Waals surface area (Å²) in [6.07, 6.45) is 3.14. The van der Waals surface area contributed by atoms with Crippen molar-refractivity contribution in [2.45, 2.75) is 26.2 Å². The van der Waals surface area contributed by atoms with E-state index in [1.54, 1.807) is 0 Å². The zero-order chi connectivity index (χ0) is 13.2. The zero-order valence-corrected chi connectivity index (χ0v) is 11.5. The lowest BCUT2D eigenvalue weighted by Gasteiger charge is -1.99. The smallest absolute Gasteiger partial charge is 0.234 e. The Kier molecular flexibility index (Phi) is 3.16. The standard InChI is InChI=1S/C13H15N5S/c1-2-3-8-11-15-16-13-18(11)17-12(19-13)9-6-4-5-7-10(9)14/h4-7H,2-3,8,14H2,1H3. The first-order valence-corrected chi connectivity index (χ1v) is 7.17. The predicted octanol–water partition coefficient (Wildman–Crippen LogP) is 2.78. The molecule has 0 radical (unpaired) electrons. The molecule has 0 atom stereocenters. The van der Waals surface area contributed by atoms with E-state index in [0.29, 0.717) is 0 Å². The Hall–Kier alpha value is -1.95. The molecular formula is C13H15N5S. The number of hydrogen-bond donors (Lipinski definition) is 1. The van der Waals surface area contributed by atoms with E-state index in [-0.39, 0.29) is 0 Å². The Morgan fingerprint density at radius 1 is 1.26 bits per heavy atom.